The fraction of sp³-hybridized carbons (Fsp3) is 0.346. The number of ether oxygens (including phenoxy) is 2. The second kappa shape index (κ2) is 9.29. The summed E-state index contributed by atoms with van der Waals surface area (Å²) in [6, 6.07) is 17.8. The fourth-order valence-electron chi connectivity index (χ4n) is 4.69. The molecule has 1 fully saturated rings. The molecule has 1 aromatic heterocycles. The highest BCUT2D eigenvalue weighted by molar-refractivity contribution is 6.31. The average molecular weight is 451 g/mol. The minimum Gasteiger partial charge on any atom is -0.454 e. The highest BCUT2D eigenvalue weighted by Crippen LogP contribution is 2.34. The zero-order valence-electron chi connectivity index (χ0n) is 18.0. The molecule has 1 amide bonds. The molecule has 5 nitrogen and oxygen atoms in total. The summed E-state index contributed by atoms with van der Waals surface area (Å²) in [7, 11) is 0. The van der Waals surface area contributed by atoms with E-state index in [9.17, 15) is 4.79 Å². The molecule has 2 heterocycles. The predicted octanol–water partition coefficient (Wildman–Crippen LogP) is 5.89. The van der Waals surface area contributed by atoms with Gasteiger partial charge in [-0.25, -0.2) is 0 Å². The first-order valence-electron chi connectivity index (χ1n) is 11.3. The SMILES string of the molecule is O=C(c1ccc2c(c1)OCO2)N(Cc1cccn1Cc1ccccc1Cl)C1CCCCC1. The zero-order valence-corrected chi connectivity index (χ0v) is 18.8. The number of benzene rings is 2. The van der Waals surface area contributed by atoms with Crippen molar-refractivity contribution in [1.82, 2.24) is 9.47 Å². The van der Waals surface area contributed by atoms with Crippen molar-refractivity contribution in [3.05, 3.63) is 82.6 Å². The molecule has 0 unspecified atom stereocenters. The van der Waals surface area contributed by atoms with E-state index in [0.29, 0.717) is 30.2 Å². The summed E-state index contributed by atoms with van der Waals surface area (Å²) in [5.74, 6) is 1.38. The molecule has 1 saturated carbocycles. The van der Waals surface area contributed by atoms with Crippen molar-refractivity contribution in [2.24, 2.45) is 0 Å². The van der Waals surface area contributed by atoms with E-state index in [1.807, 2.05) is 48.5 Å². The lowest BCUT2D eigenvalue weighted by atomic mass is 9.93. The number of carbonyl (C=O) groups is 1. The van der Waals surface area contributed by atoms with Crippen LogP contribution in [-0.2, 0) is 13.1 Å². The minimum absolute atomic E-state index is 0.0423. The highest BCUT2D eigenvalue weighted by atomic mass is 35.5. The van der Waals surface area contributed by atoms with Crippen molar-refractivity contribution >= 4 is 17.5 Å². The third kappa shape index (κ3) is 4.35. The Morgan fingerprint density at radius 3 is 2.66 bits per heavy atom. The number of halogens is 1. The first-order chi connectivity index (χ1) is 15.7. The van der Waals surface area contributed by atoms with Crippen LogP contribution in [0.15, 0.2) is 60.8 Å². The van der Waals surface area contributed by atoms with Crippen molar-refractivity contribution in [2.75, 3.05) is 6.79 Å². The molecule has 5 rings (SSSR count). The fourth-order valence-corrected chi connectivity index (χ4v) is 4.88. The number of amides is 1. The molecule has 3 aromatic rings. The Morgan fingerprint density at radius 1 is 1.00 bits per heavy atom. The van der Waals surface area contributed by atoms with E-state index in [0.717, 1.165) is 42.0 Å². The standard InChI is InChI=1S/C26H27ClN2O3/c27-23-11-5-4-7-20(23)16-28-14-6-10-22(28)17-29(21-8-2-1-3-9-21)26(30)19-12-13-24-25(15-19)32-18-31-24/h4-7,10-15,21H,1-3,8-9,16-18H2. The van der Waals surface area contributed by atoms with Crippen LogP contribution in [0, 0.1) is 0 Å². The van der Waals surface area contributed by atoms with Gasteiger partial charge in [-0.2, -0.15) is 0 Å². The molecule has 1 aliphatic heterocycles. The first-order valence-corrected chi connectivity index (χ1v) is 11.6. The third-order valence-electron chi connectivity index (χ3n) is 6.45. The topological polar surface area (TPSA) is 43.7 Å². The van der Waals surface area contributed by atoms with Gasteiger partial charge < -0.3 is 18.9 Å². The quantitative estimate of drug-likeness (QED) is 0.470. The summed E-state index contributed by atoms with van der Waals surface area (Å²) in [5, 5.41) is 0.757. The van der Waals surface area contributed by atoms with Gasteiger partial charge in [-0.15, -0.1) is 0 Å². The van der Waals surface area contributed by atoms with E-state index >= 15 is 0 Å². The molecule has 32 heavy (non-hydrogen) atoms. The normalized spacial score (nSPS) is 15.7. The maximum absolute atomic E-state index is 13.7. The number of hydrogen-bond donors (Lipinski definition) is 0. The Bertz CT molecular complexity index is 1100. The molecule has 0 radical (unpaired) electrons. The monoisotopic (exact) mass is 450 g/mol. The smallest absolute Gasteiger partial charge is 0.254 e. The lowest BCUT2D eigenvalue weighted by molar-refractivity contribution is 0.0608. The predicted molar refractivity (Wildman–Crippen MR) is 124 cm³/mol. The van der Waals surface area contributed by atoms with Crippen LogP contribution in [0.1, 0.15) is 53.7 Å². The summed E-state index contributed by atoms with van der Waals surface area (Å²) in [6.45, 7) is 1.45. The molecule has 6 heteroatoms. The summed E-state index contributed by atoms with van der Waals surface area (Å²) < 4.78 is 13.1. The van der Waals surface area contributed by atoms with Gasteiger partial charge in [-0.05, 0) is 54.8 Å². The number of nitrogens with zero attached hydrogens (tertiary/aromatic N) is 2. The second-order valence-corrected chi connectivity index (χ2v) is 8.92. The Morgan fingerprint density at radius 2 is 1.81 bits per heavy atom. The van der Waals surface area contributed by atoms with Gasteiger partial charge in [0, 0.05) is 35.1 Å². The van der Waals surface area contributed by atoms with E-state index < -0.39 is 0 Å². The van der Waals surface area contributed by atoms with Gasteiger partial charge in [0.25, 0.3) is 5.91 Å². The molecule has 1 aliphatic carbocycles. The third-order valence-corrected chi connectivity index (χ3v) is 6.82. The molecule has 0 spiro atoms. The minimum atomic E-state index is 0.0423. The van der Waals surface area contributed by atoms with Crippen molar-refractivity contribution in [3.63, 3.8) is 0 Å². The maximum Gasteiger partial charge on any atom is 0.254 e. The zero-order chi connectivity index (χ0) is 21.9. The van der Waals surface area contributed by atoms with E-state index in [-0.39, 0.29) is 18.7 Å². The van der Waals surface area contributed by atoms with Gasteiger partial charge in [0.15, 0.2) is 11.5 Å². The van der Waals surface area contributed by atoms with Crippen molar-refractivity contribution in [3.8, 4) is 11.5 Å². The number of fused-ring (bicyclic) bond motifs is 1. The lowest BCUT2D eigenvalue weighted by Crippen LogP contribution is -2.41. The molecule has 0 bridgehead atoms. The van der Waals surface area contributed by atoms with Gasteiger partial charge >= 0.3 is 0 Å². The molecule has 0 atom stereocenters. The van der Waals surface area contributed by atoms with Crippen LogP contribution in [0.5, 0.6) is 11.5 Å². The molecule has 0 N–H and O–H groups in total. The van der Waals surface area contributed by atoms with E-state index in [1.54, 1.807) is 0 Å². The average Bonchev–Trinajstić information content (AvgIpc) is 3.48. The van der Waals surface area contributed by atoms with Crippen molar-refractivity contribution < 1.29 is 14.3 Å². The van der Waals surface area contributed by atoms with Gasteiger partial charge in [0.2, 0.25) is 6.79 Å². The van der Waals surface area contributed by atoms with Crippen LogP contribution >= 0.6 is 11.6 Å². The molecule has 2 aromatic carbocycles. The van der Waals surface area contributed by atoms with E-state index in [2.05, 4.69) is 21.7 Å². The Labute approximate surface area is 193 Å². The lowest BCUT2D eigenvalue weighted by Gasteiger charge is -2.35. The van der Waals surface area contributed by atoms with Gasteiger partial charge in [0.1, 0.15) is 0 Å². The summed E-state index contributed by atoms with van der Waals surface area (Å²) >= 11 is 6.40. The number of aromatic nitrogens is 1. The molecule has 2 aliphatic rings. The van der Waals surface area contributed by atoms with Crippen LogP contribution in [0.25, 0.3) is 0 Å². The van der Waals surface area contributed by atoms with Gasteiger partial charge in [-0.1, -0.05) is 49.1 Å². The van der Waals surface area contributed by atoms with Crippen LogP contribution in [0.2, 0.25) is 5.02 Å². The Hall–Kier alpha value is -2.92. The Balaban J connectivity index is 1.42. The molecule has 166 valence electrons. The molecule has 0 saturated heterocycles. The largest absolute Gasteiger partial charge is 0.454 e. The molecular weight excluding hydrogens is 424 g/mol. The Kier molecular flexibility index (Phi) is 6.08. The number of carbonyl (C=O) groups excluding carboxylic acids is 1. The van der Waals surface area contributed by atoms with Crippen LogP contribution in [0.3, 0.4) is 0 Å². The van der Waals surface area contributed by atoms with Crippen LogP contribution < -0.4 is 9.47 Å². The second-order valence-electron chi connectivity index (χ2n) is 8.51. The van der Waals surface area contributed by atoms with Crippen LogP contribution in [-0.4, -0.2) is 28.2 Å². The van der Waals surface area contributed by atoms with E-state index in [1.165, 1.54) is 6.42 Å². The summed E-state index contributed by atoms with van der Waals surface area (Å²) in [4.78, 5) is 15.7. The van der Waals surface area contributed by atoms with Gasteiger partial charge in [0.05, 0.1) is 6.54 Å². The summed E-state index contributed by atoms with van der Waals surface area (Å²) in [6.07, 6.45) is 7.71. The highest BCUT2D eigenvalue weighted by Gasteiger charge is 2.28. The number of hydrogen-bond acceptors (Lipinski definition) is 3. The summed E-state index contributed by atoms with van der Waals surface area (Å²) in [5.41, 5.74) is 2.81. The number of rotatable bonds is 6. The van der Waals surface area contributed by atoms with Crippen LogP contribution in [0.4, 0.5) is 0 Å². The van der Waals surface area contributed by atoms with E-state index in [4.69, 9.17) is 21.1 Å². The molecular formula is C26H27ClN2O3. The maximum atomic E-state index is 13.7. The van der Waals surface area contributed by atoms with Gasteiger partial charge in [-0.3, -0.25) is 4.79 Å². The van der Waals surface area contributed by atoms with Crippen molar-refractivity contribution in [1.29, 1.82) is 0 Å². The van der Waals surface area contributed by atoms with Crippen molar-refractivity contribution in [2.45, 2.75) is 51.2 Å². The first kappa shape index (κ1) is 21.0.